The van der Waals surface area contributed by atoms with Crippen LogP contribution in [0.25, 0.3) is 22.1 Å². The van der Waals surface area contributed by atoms with Gasteiger partial charge in [-0.3, -0.25) is 14.9 Å². The Morgan fingerprint density at radius 1 is 1.30 bits per heavy atom. The molecule has 4 aromatic rings. The summed E-state index contributed by atoms with van der Waals surface area (Å²) in [7, 11) is 1.64. The molecule has 0 bridgehead atoms. The first-order valence-electron chi connectivity index (χ1n) is 8.21. The van der Waals surface area contributed by atoms with Gasteiger partial charge in [-0.1, -0.05) is 0 Å². The summed E-state index contributed by atoms with van der Waals surface area (Å²) < 4.78 is 22.0. The minimum atomic E-state index is -0.443. The Labute approximate surface area is 152 Å². The van der Waals surface area contributed by atoms with E-state index in [4.69, 9.17) is 4.42 Å². The number of hydrogen-bond acceptors (Lipinski definition) is 5. The first-order chi connectivity index (χ1) is 12.8. The maximum atomic E-state index is 13.6. The molecule has 8 nitrogen and oxygen atoms in total. The summed E-state index contributed by atoms with van der Waals surface area (Å²) in [6.45, 7) is 3.32. The number of nitrogens with one attached hydrogen (secondary N) is 1. The summed E-state index contributed by atoms with van der Waals surface area (Å²) in [6, 6.07) is 2.73. The Hall–Kier alpha value is -3.49. The van der Waals surface area contributed by atoms with Crippen LogP contribution < -0.4 is 10.9 Å². The standard InChI is InChI=1S/C18H16FN5O3/c1-9-4-13-12(5-11(9)19)21-18(27-13)22-14(25)7-24-8-20-15-10(2)6-23(3)17(26)16(15)24/h4-6,8H,7H2,1-3H3,(H,21,22,25). The topological polar surface area (TPSA) is 95.0 Å². The number of carbonyl (C=O) groups excluding carboxylic acids is 1. The molecule has 0 fully saturated rings. The highest BCUT2D eigenvalue weighted by Gasteiger charge is 2.16. The molecular formula is C18H16FN5O3. The van der Waals surface area contributed by atoms with Gasteiger partial charge in [0.25, 0.3) is 5.56 Å². The van der Waals surface area contributed by atoms with E-state index < -0.39 is 11.7 Å². The summed E-state index contributed by atoms with van der Waals surface area (Å²) >= 11 is 0. The highest BCUT2D eigenvalue weighted by Crippen LogP contribution is 2.22. The summed E-state index contributed by atoms with van der Waals surface area (Å²) in [4.78, 5) is 33.0. The molecule has 3 heterocycles. The Balaban J connectivity index is 1.62. The van der Waals surface area contributed by atoms with E-state index in [1.54, 1.807) is 20.2 Å². The summed E-state index contributed by atoms with van der Waals surface area (Å²) in [5.74, 6) is -0.841. The van der Waals surface area contributed by atoms with Crippen molar-refractivity contribution in [3.8, 4) is 0 Å². The smallest absolute Gasteiger partial charge is 0.302 e. The van der Waals surface area contributed by atoms with E-state index in [0.717, 1.165) is 5.56 Å². The highest BCUT2D eigenvalue weighted by atomic mass is 19.1. The third-order valence-electron chi connectivity index (χ3n) is 4.35. The lowest BCUT2D eigenvalue weighted by Gasteiger charge is -2.05. The first-order valence-corrected chi connectivity index (χ1v) is 8.21. The number of fused-ring (bicyclic) bond motifs is 2. The molecule has 138 valence electrons. The highest BCUT2D eigenvalue weighted by molar-refractivity contribution is 5.91. The number of oxazole rings is 1. The predicted octanol–water partition coefficient (Wildman–Crippen LogP) is 2.27. The van der Waals surface area contributed by atoms with Gasteiger partial charge in [0.15, 0.2) is 5.58 Å². The maximum Gasteiger partial charge on any atom is 0.302 e. The Morgan fingerprint density at radius 2 is 2.07 bits per heavy atom. The molecule has 0 aliphatic carbocycles. The number of amides is 1. The number of carbonyl (C=O) groups is 1. The van der Waals surface area contributed by atoms with Crippen molar-refractivity contribution >= 4 is 34.1 Å². The van der Waals surface area contributed by atoms with Crippen LogP contribution in [0.1, 0.15) is 11.1 Å². The van der Waals surface area contributed by atoms with Crippen molar-refractivity contribution in [2.45, 2.75) is 20.4 Å². The molecule has 9 heteroatoms. The van der Waals surface area contributed by atoms with Crippen molar-refractivity contribution in [1.82, 2.24) is 19.1 Å². The van der Waals surface area contributed by atoms with Crippen molar-refractivity contribution < 1.29 is 13.6 Å². The molecule has 27 heavy (non-hydrogen) atoms. The number of imidazole rings is 1. The van der Waals surface area contributed by atoms with E-state index in [9.17, 15) is 14.0 Å². The molecule has 0 aliphatic rings. The minimum Gasteiger partial charge on any atom is -0.423 e. The molecule has 1 N–H and O–H groups in total. The van der Waals surface area contributed by atoms with Crippen LogP contribution in [0, 0.1) is 19.7 Å². The van der Waals surface area contributed by atoms with Gasteiger partial charge in [-0.2, -0.15) is 4.98 Å². The second kappa shape index (κ2) is 6.04. The fraction of sp³-hybridized carbons (Fsp3) is 0.222. The summed E-state index contributed by atoms with van der Waals surface area (Å²) in [5, 5.41) is 2.53. The van der Waals surface area contributed by atoms with Crippen molar-refractivity contribution in [2.24, 2.45) is 7.05 Å². The molecule has 1 amide bonds. The van der Waals surface area contributed by atoms with Gasteiger partial charge >= 0.3 is 6.01 Å². The monoisotopic (exact) mass is 369 g/mol. The fourth-order valence-electron chi connectivity index (χ4n) is 3.01. The fourth-order valence-corrected chi connectivity index (χ4v) is 3.01. The molecule has 0 atom stereocenters. The molecule has 1 aromatic carbocycles. The summed E-state index contributed by atoms with van der Waals surface area (Å²) in [5.41, 5.74) is 2.61. The van der Waals surface area contributed by atoms with Crippen LogP contribution >= 0.6 is 0 Å². The van der Waals surface area contributed by atoms with Gasteiger partial charge in [-0.15, -0.1) is 0 Å². The number of rotatable bonds is 3. The van der Waals surface area contributed by atoms with E-state index in [1.807, 2.05) is 6.92 Å². The lowest BCUT2D eigenvalue weighted by Crippen LogP contribution is -2.23. The van der Waals surface area contributed by atoms with Crippen molar-refractivity contribution in [2.75, 3.05) is 5.32 Å². The van der Waals surface area contributed by atoms with Crippen molar-refractivity contribution in [3.05, 3.63) is 52.0 Å². The van der Waals surface area contributed by atoms with Crippen molar-refractivity contribution in [1.29, 1.82) is 0 Å². The number of halogens is 1. The molecule has 3 aromatic heterocycles. The zero-order chi connectivity index (χ0) is 19.3. The number of benzene rings is 1. The van der Waals surface area contributed by atoms with Crippen LogP contribution in [0.15, 0.2) is 33.9 Å². The van der Waals surface area contributed by atoms with Crippen LogP contribution in [-0.4, -0.2) is 25.0 Å². The number of hydrogen-bond donors (Lipinski definition) is 1. The largest absolute Gasteiger partial charge is 0.423 e. The maximum absolute atomic E-state index is 13.6. The number of aryl methyl sites for hydroxylation is 3. The lowest BCUT2D eigenvalue weighted by molar-refractivity contribution is -0.116. The van der Waals surface area contributed by atoms with Crippen LogP contribution in [-0.2, 0) is 18.4 Å². The number of nitrogens with zero attached hydrogens (tertiary/aromatic N) is 4. The lowest BCUT2D eigenvalue weighted by atomic mass is 10.2. The molecule has 0 spiro atoms. The zero-order valence-electron chi connectivity index (χ0n) is 14.9. The second-order valence-electron chi connectivity index (χ2n) is 6.43. The van der Waals surface area contributed by atoms with E-state index in [0.29, 0.717) is 27.7 Å². The molecule has 4 rings (SSSR count). The van der Waals surface area contributed by atoms with E-state index in [-0.39, 0.29) is 18.1 Å². The normalized spacial score (nSPS) is 11.4. The van der Waals surface area contributed by atoms with E-state index in [1.165, 1.54) is 27.6 Å². The second-order valence-corrected chi connectivity index (χ2v) is 6.43. The molecule has 0 aliphatic heterocycles. The third kappa shape index (κ3) is 2.86. The SMILES string of the molecule is Cc1cc2oc(NC(=O)Cn3cnc4c(C)cn(C)c(=O)c43)nc2cc1F. The number of aromatic nitrogens is 4. The first kappa shape index (κ1) is 17.0. The van der Waals surface area contributed by atoms with Crippen LogP contribution in [0.4, 0.5) is 10.4 Å². The van der Waals surface area contributed by atoms with Gasteiger partial charge < -0.3 is 13.6 Å². The average molecular weight is 369 g/mol. The Morgan fingerprint density at radius 3 is 2.85 bits per heavy atom. The van der Waals surface area contributed by atoms with Gasteiger partial charge in [-0.25, -0.2) is 9.37 Å². The number of pyridine rings is 1. The van der Waals surface area contributed by atoms with Crippen LogP contribution in [0.2, 0.25) is 0 Å². The van der Waals surface area contributed by atoms with Gasteiger partial charge in [0.05, 0.1) is 11.8 Å². The Kier molecular flexibility index (Phi) is 3.79. The average Bonchev–Trinajstić information content (AvgIpc) is 3.17. The van der Waals surface area contributed by atoms with Gasteiger partial charge in [0.1, 0.15) is 23.4 Å². The van der Waals surface area contributed by atoms with Gasteiger partial charge in [0, 0.05) is 19.3 Å². The number of anilines is 1. The molecular weight excluding hydrogens is 353 g/mol. The molecule has 0 radical (unpaired) electrons. The van der Waals surface area contributed by atoms with E-state index >= 15 is 0 Å². The minimum absolute atomic E-state index is 0.0338. The molecule has 0 saturated heterocycles. The third-order valence-corrected chi connectivity index (χ3v) is 4.35. The molecule has 0 unspecified atom stereocenters. The quantitative estimate of drug-likeness (QED) is 0.598. The van der Waals surface area contributed by atoms with Crippen LogP contribution in [0.3, 0.4) is 0 Å². The van der Waals surface area contributed by atoms with Crippen molar-refractivity contribution in [3.63, 3.8) is 0 Å². The summed E-state index contributed by atoms with van der Waals surface area (Å²) in [6.07, 6.45) is 3.14. The Bertz CT molecular complexity index is 1230. The van der Waals surface area contributed by atoms with Crippen LogP contribution in [0.5, 0.6) is 0 Å². The van der Waals surface area contributed by atoms with Gasteiger partial charge in [-0.05, 0) is 31.0 Å². The zero-order valence-corrected chi connectivity index (χ0v) is 14.9. The predicted molar refractivity (Wildman–Crippen MR) is 97.0 cm³/mol. The van der Waals surface area contributed by atoms with Gasteiger partial charge in [0.2, 0.25) is 5.91 Å². The van der Waals surface area contributed by atoms with E-state index in [2.05, 4.69) is 15.3 Å². The molecule has 0 saturated carbocycles.